The third kappa shape index (κ3) is 4.97. The molecule has 0 aromatic heterocycles. The Hall–Kier alpha value is -4.04. The second kappa shape index (κ2) is 10.3. The van der Waals surface area contributed by atoms with E-state index in [0.717, 1.165) is 5.69 Å². The highest BCUT2D eigenvalue weighted by molar-refractivity contribution is 8.19. The van der Waals surface area contributed by atoms with Crippen LogP contribution < -0.4 is 14.4 Å². The van der Waals surface area contributed by atoms with Crippen LogP contribution in [0.5, 0.6) is 11.5 Å². The lowest BCUT2D eigenvalue weighted by atomic mass is 10.1. The number of aliphatic imine (C=N–C) groups is 1. The molecule has 0 aliphatic carbocycles. The van der Waals surface area contributed by atoms with E-state index in [1.165, 1.54) is 25.8 Å². The highest BCUT2D eigenvalue weighted by Gasteiger charge is 2.35. The van der Waals surface area contributed by atoms with Crippen LogP contribution in [0.1, 0.15) is 12.5 Å². The Bertz CT molecular complexity index is 1260. The lowest BCUT2D eigenvalue weighted by Gasteiger charge is -2.16. The maximum absolute atomic E-state index is 13.5. The van der Waals surface area contributed by atoms with Crippen LogP contribution in [0.2, 0.25) is 0 Å². The number of rotatable bonds is 7. The van der Waals surface area contributed by atoms with E-state index in [1.807, 2.05) is 60.7 Å². The quantitative estimate of drug-likeness (QED) is 0.464. The maximum atomic E-state index is 13.5. The van der Waals surface area contributed by atoms with Crippen molar-refractivity contribution in [2.75, 3.05) is 12.0 Å². The minimum Gasteiger partial charge on any atom is -0.493 e. The van der Waals surface area contributed by atoms with Gasteiger partial charge in [0, 0.05) is 5.56 Å². The number of carboxylic acids is 1. The van der Waals surface area contributed by atoms with Gasteiger partial charge in [-0.05, 0) is 55.1 Å². The van der Waals surface area contributed by atoms with Gasteiger partial charge in [0.2, 0.25) is 0 Å². The molecule has 1 N–H and O–H groups in total. The van der Waals surface area contributed by atoms with Gasteiger partial charge in [0.25, 0.3) is 5.91 Å². The zero-order chi connectivity index (χ0) is 24.1. The van der Waals surface area contributed by atoms with Crippen molar-refractivity contribution in [2.45, 2.75) is 13.0 Å². The number of benzene rings is 3. The molecule has 1 amide bonds. The van der Waals surface area contributed by atoms with E-state index in [2.05, 4.69) is 0 Å². The fraction of sp³-hybridized carbons (Fsp3) is 0.115. The van der Waals surface area contributed by atoms with E-state index in [9.17, 15) is 14.7 Å². The molecule has 0 bridgehead atoms. The Morgan fingerprint density at radius 3 is 2.35 bits per heavy atom. The summed E-state index contributed by atoms with van der Waals surface area (Å²) in [7, 11) is 1.47. The van der Waals surface area contributed by atoms with Gasteiger partial charge >= 0.3 is 5.97 Å². The number of methoxy groups -OCH3 is 1. The van der Waals surface area contributed by atoms with E-state index in [1.54, 1.807) is 29.2 Å². The molecule has 1 fully saturated rings. The van der Waals surface area contributed by atoms with Gasteiger partial charge in [0.05, 0.1) is 23.4 Å². The summed E-state index contributed by atoms with van der Waals surface area (Å²) in [6, 6.07) is 23.9. The molecular formula is C26H22N2O5S. The predicted octanol–water partition coefficient (Wildman–Crippen LogP) is 5.36. The third-order valence-corrected chi connectivity index (χ3v) is 5.93. The molecule has 1 atom stereocenters. The fourth-order valence-electron chi connectivity index (χ4n) is 3.27. The van der Waals surface area contributed by atoms with E-state index in [0.29, 0.717) is 27.1 Å². The van der Waals surface area contributed by atoms with Crippen molar-refractivity contribution >= 4 is 46.3 Å². The number of nitrogens with zero attached hydrogens (tertiary/aromatic N) is 2. The molecule has 0 radical (unpaired) electrons. The molecule has 172 valence electrons. The van der Waals surface area contributed by atoms with Gasteiger partial charge in [0.15, 0.2) is 22.8 Å². The minimum atomic E-state index is -1.11. The van der Waals surface area contributed by atoms with Crippen molar-refractivity contribution in [3.05, 3.63) is 89.3 Å². The molecule has 1 saturated heterocycles. The lowest BCUT2D eigenvalue weighted by Crippen LogP contribution is -2.28. The van der Waals surface area contributed by atoms with Crippen LogP contribution in [0.25, 0.3) is 6.08 Å². The van der Waals surface area contributed by atoms with Gasteiger partial charge in [-0.15, -0.1) is 0 Å². The zero-order valence-corrected chi connectivity index (χ0v) is 19.4. The van der Waals surface area contributed by atoms with E-state index in [-0.39, 0.29) is 11.7 Å². The Morgan fingerprint density at radius 2 is 1.71 bits per heavy atom. The number of ether oxygens (including phenoxy) is 2. The Kier molecular flexibility index (Phi) is 6.98. The van der Waals surface area contributed by atoms with E-state index in [4.69, 9.17) is 14.5 Å². The standard InChI is InChI=1S/C26H22N2O5S/c1-17(25(30)31)33-23-18(10-9-15-21(23)32-2)16-22-24(29)28(20-13-7-4-8-14-20)26(34-22)27-19-11-5-3-6-12-19/h3-17H,1-2H3,(H,30,31)/b22-16-,27-26?/t17-/m0/s1. The van der Waals surface area contributed by atoms with E-state index < -0.39 is 12.1 Å². The molecule has 0 unspecified atom stereocenters. The summed E-state index contributed by atoms with van der Waals surface area (Å²) in [5.41, 5.74) is 1.94. The van der Waals surface area contributed by atoms with Crippen molar-refractivity contribution in [3.8, 4) is 11.5 Å². The molecular weight excluding hydrogens is 452 g/mol. The second-order valence-electron chi connectivity index (χ2n) is 7.29. The summed E-state index contributed by atoms with van der Waals surface area (Å²) in [5, 5.41) is 9.81. The molecule has 1 aliphatic heterocycles. The van der Waals surface area contributed by atoms with Crippen LogP contribution in [0.15, 0.2) is 88.8 Å². The molecule has 0 saturated carbocycles. The molecule has 3 aromatic carbocycles. The highest BCUT2D eigenvalue weighted by Crippen LogP contribution is 2.40. The van der Waals surface area contributed by atoms with Gasteiger partial charge in [0.1, 0.15) is 0 Å². The first-order valence-electron chi connectivity index (χ1n) is 10.5. The summed E-state index contributed by atoms with van der Waals surface area (Å²) in [5.74, 6) is -0.731. The number of carbonyl (C=O) groups is 2. The fourth-order valence-corrected chi connectivity index (χ4v) is 4.26. The summed E-state index contributed by atoms with van der Waals surface area (Å²) in [6.45, 7) is 1.43. The van der Waals surface area contributed by atoms with Gasteiger partial charge in [-0.25, -0.2) is 9.79 Å². The second-order valence-corrected chi connectivity index (χ2v) is 8.30. The lowest BCUT2D eigenvalue weighted by molar-refractivity contribution is -0.144. The van der Waals surface area contributed by atoms with Gasteiger partial charge in [-0.2, -0.15) is 0 Å². The number of amides is 1. The number of anilines is 1. The number of aliphatic carboxylic acids is 1. The largest absolute Gasteiger partial charge is 0.493 e. The molecule has 3 aromatic rings. The van der Waals surface area contributed by atoms with Crippen LogP contribution in [0, 0.1) is 0 Å². The smallest absolute Gasteiger partial charge is 0.344 e. The maximum Gasteiger partial charge on any atom is 0.344 e. The molecule has 4 rings (SSSR count). The molecule has 0 spiro atoms. The first kappa shape index (κ1) is 23.1. The first-order chi connectivity index (χ1) is 16.5. The summed E-state index contributed by atoms with van der Waals surface area (Å²) < 4.78 is 11.1. The first-order valence-corrected chi connectivity index (χ1v) is 11.3. The van der Waals surface area contributed by atoms with Crippen LogP contribution >= 0.6 is 11.8 Å². The number of amidine groups is 1. The number of hydrogen-bond acceptors (Lipinski definition) is 6. The molecule has 7 nitrogen and oxygen atoms in total. The van der Waals surface area contributed by atoms with Crippen molar-refractivity contribution in [2.24, 2.45) is 4.99 Å². The zero-order valence-electron chi connectivity index (χ0n) is 18.5. The Morgan fingerprint density at radius 1 is 1.03 bits per heavy atom. The summed E-state index contributed by atoms with van der Waals surface area (Å²) >= 11 is 1.23. The topological polar surface area (TPSA) is 88.4 Å². The Balaban J connectivity index is 1.78. The van der Waals surface area contributed by atoms with Crippen LogP contribution in [-0.2, 0) is 9.59 Å². The van der Waals surface area contributed by atoms with Gasteiger partial charge < -0.3 is 14.6 Å². The van der Waals surface area contributed by atoms with Crippen molar-refractivity contribution in [3.63, 3.8) is 0 Å². The highest BCUT2D eigenvalue weighted by atomic mass is 32.2. The van der Waals surface area contributed by atoms with Gasteiger partial charge in [-0.3, -0.25) is 9.69 Å². The number of thioether (sulfide) groups is 1. The average molecular weight is 475 g/mol. The average Bonchev–Trinajstić information content (AvgIpc) is 3.15. The van der Waals surface area contributed by atoms with Crippen LogP contribution in [-0.4, -0.2) is 35.4 Å². The Labute approximate surface area is 201 Å². The monoisotopic (exact) mass is 474 g/mol. The predicted molar refractivity (Wildman–Crippen MR) is 134 cm³/mol. The molecule has 8 heteroatoms. The third-order valence-electron chi connectivity index (χ3n) is 4.96. The van der Waals surface area contributed by atoms with Crippen LogP contribution in [0.4, 0.5) is 11.4 Å². The van der Waals surface area contributed by atoms with Crippen molar-refractivity contribution in [1.29, 1.82) is 0 Å². The van der Waals surface area contributed by atoms with Crippen molar-refractivity contribution in [1.82, 2.24) is 0 Å². The van der Waals surface area contributed by atoms with Crippen molar-refractivity contribution < 1.29 is 24.2 Å². The SMILES string of the molecule is COc1cccc(/C=C2\SC(=Nc3ccccc3)N(c3ccccc3)C2=O)c1O[C@@H](C)C(=O)O. The summed E-state index contributed by atoms with van der Waals surface area (Å²) in [4.78, 5) is 31.5. The minimum absolute atomic E-state index is 0.245. The normalized spacial score (nSPS) is 16.6. The molecule has 34 heavy (non-hydrogen) atoms. The van der Waals surface area contributed by atoms with Crippen LogP contribution in [0.3, 0.4) is 0 Å². The van der Waals surface area contributed by atoms with Gasteiger partial charge in [-0.1, -0.05) is 48.5 Å². The number of carbonyl (C=O) groups excluding carboxylic acids is 1. The number of hydrogen-bond donors (Lipinski definition) is 1. The number of para-hydroxylation sites is 3. The number of carboxylic acid groups (broad SMARTS) is 1. The molecule has 1 heterocycles. The molecule has 1 aliphatic rings. The summed E-state index contributed by atoms with van der Waals surface area (Å²) in [6.07, 6.45) is 0.569. The van der Waals surface area contributed by atoms with E-state index >= 15 is 0 Å².